The number of methoxy groups -OCH3 is 3. The maximum Gasteiger partial charge on any atom is 0.244 e. The van der Waals surface area contributed by atoms with Crippen molar-refractivity contribution in [1.82, 2.24) is 5.43 Å². The highest BCUT2D eigenvalue weighted by atomic mass is 79.9. The molecule has 1 amide bonds. The van der Waals surface area contributed by atoms with Gasteiger partial charge in [-0.1, -0.05) is 29.8 Å². The summed E-state index contributed by atoms with van der Waals surface area (Å²) in [4.78, 5) is 12.3. The van der Waals surface area contributed by atoms with E-state index < -0.39 is 0 Å². The van der Waals surface area contributed by atoms with Gasteiger partial charge in [-0.15, -0.1) is 0 Å². The molecular formula is C25H24BrClN2O5. The highest BCUT2D eigenvalue weighted by Gasteiger charge is 2.12. The third-order valence-electron chi connectivity index (χ3n) is 4.76. The second-order valence-corrected chi connectivity index (χ2v) is 8.40. The largest absolute Gasteiger partial charge is 0.493 e. The fraction of sp³-hybridized carbons (Fsp3) is 0.200. The molecule has 34 heavy (non-hydrogen) atoms. The van der Waals surface area contributed by atoms with Crippen LogP contribution in [0.1, 0.15) is 16.7 Å². The Morgan fingerprint density at radius 2 is 1.62 bits per heavy atom. The van der Waals surface area contributed by atoms with Crippen LogP contribution in [0, 0.1) is 0 Å². The van der Waals surface area contributed by atoms with Gasteiger partial charge in [0.15, 0.2) is 23.0 Å². The van der Waals surface area contributed by atoms with Crippen molar-refractivity contribution in [3.8, 4) is 23.0 Å². The van der Waals surface area contributed by atoms with Gasteiger partial charge in [0.1, 0.15) is 6.61 Å². The summed E-state index contributed by atoms with van der Waals surface area (Å²) in [6.45, 7) is 0.353. The maximum absolute atomic E-state index is 12.3. The van der Waals surface area contributed by atoms with Crippen LogP contribution in [0.4, 0.5) is 0 Å². The molecule has 9 heteroatoms. The zero-order valence-corrected chi connectivity index (χ0v) is 21.3. The van der Waals surface area contributed by atoms with Crippen molar-refractivity contribution in [1.29, 1.82) is 0 Å². The van der Waals surface area contributed by atoms with E-state index >= 15 is 0 Å². The van der Waals surface area contributed by atoms with Crippen molar-refractivity contribution in [2.24, 2.45) is 5.10 Å². The van der Waals surface area contributed by atoms with E-state index in [2.05, 4.69) is 26.5 Å². The molecule has 0 atom stereocenters. The first kappa shape index (κ1) is 25.4. The Morgan fingerprint density at radius 1 is 0.941 bits per heavy atom. The Kier molecular flexibility index (Phi) is 9.18. The van der Waals surface area contributed by atoms with Gasteiger partial charge in [-0.3, -0.25) is 4.79 Å². The predicted octanol–water partition coefficient (Wildman–Crippen LogP) is 5.40. The Morgan fingerprint density at radius 3 is 2.29 bits per heavy atom. The smallest absolute Gasteiger partial charge is 0.244 e. The summed E-state index contributed by atoms with van der Waals surface area (Å²) in [5.41, 5.74) is 4.99. The summed E-state index contributed by atoms with van der Waals surface area (Å²) < 4.78 is 22.6. The van der Waals surface area contributed by atoms with Crippen molar-refractivity contribution in [2.45, 2.75) is 13.0 Å². The van der Waals surface area contributed by atoms with Crippen molar-refractivity contribution in [3.63, 3.8) is 0 Å². The molecule has 1 N–H and O–H groups in total. The minimum atomic E-state index is -0.266. The van der Waals surface area contributed by atoms with Crippen LogP contribution in [0.15, 0.2) is 64.2 Å². The van der Waals surface area contributed by atoms with Gasteiger partial charge in [0.05, 0.1) is 38.4 Å². The van der Waals surface area contributed by atoms with Crippen LogP contribution in [-0.2, 0) is 17.8 Å². The third-order valence-corrected chi connectivity index (χ3v) is 5.60. The second-order valence-electron chi connectivity index (χ2n) is 7.11. The summed E-state index contributed by atoms with van der Waals surface area (Å²) in [7, 11) is 4.67. The molecule has 3 rings (SSSR count). The number of benzene rings is 3. The van der Waals surface area contributed by atoms with Crippen molar-refractivity contribution in [2.75, 3.05) is 21.3 Å². The number of ether oxygens (including phenoxy) is 4. The van der Waals surface area contributed by atoms with E-state index in [0.717, 1.165) is 11.1 Å². The lowest BCUT2D eigenvalue weighted by Gasteiger charge is -2.13. The van der Waals surface area contributed by atoms with Gasteiger partial charge in [-0.2, -0.15) is 5.10 Å². The van der Waals surface area contributed by atoms with E-state index in [1.54, 1.807) is 45.6 Å². The first-order valence-electron chi connectivity index (χ1n) is 10.2. The minimum absolute atomic E-state index is 0.141. The fourth-order valence-electron chi connectivity index (χ4n) is 3.08. The van der Waals surface area contributed by atoms with Gasteiger partial charge in [0, 0.05) is 5.02 Å². The van der Waals surface area contributed by atoms with E-state index in [4.69, 9.17) is 30.5 Å². The van der Waals surface area contributed by atoms with E-state index in [0.29, 0.717) is 44.7 Å². The van der Waals surface area contributed by atoms with Crippen molar-refractivity contribution in [3.05, 3.63) is 80.8 Å². The van der Waals surface area contributed by atoms with Gasteiger partial charge in [-0.05, 0) is 69.0 Å². The number of carbonyl (C=O) groups is 1. The maximum atomic E-state index is 12.3. The number of carbonyl (C=O) groups excluding carboxylic acids is 1. The average molecular weight is 548 g/mol. The van der Waals surface area contributed by atoms with Gasteiger partial charge in [0.2, 0.25) is 5.91 Å². The Hall–Kier alpha value is -3.23. The minimum Gasteiger partial charge on any atom is -0.493 e. The Bertz CT molecular complexity index is 1170. The lowest BCUT2D eigenvalue weighted by molar-refractivity contribution is -0.120. The highest BCUT2D eigenvalue weighted by Crippen LogP contribution is 2.37. The zero-order valence-electron chi connectivity index (χ0n) is 18.9. The lowest BCUT2D eigenvalue weighted by atomic mass is 10.1. The molecule has 0 bridgehead atoms. The summed E-state index contributed by atoms with van der Waals surface area (Å²) in [6.07, 6.45) is 1.67. The van der Waals surface area contributed by atoms with Crippen LogP contribution in [0.25, 0.3) is 0 Å². The van der Waals surface area contributed by atoms with Crippen LogP contribution in [0.5, 0.6) is 23.0 Å². The van der Waals surface area contributed by atoms with Crippen LogP contribution >= 0.6 is 27.5 Å². The molecule has 3 aromatic carbocycles. The van der Waals surface area contributed by atoms with Crippen LogP contribution < -0.4 is 24.4 Å². The number of halogens is 2. The van der Waals surface area contributed by atoms with Gasteiger partial charge in [-0.25, -0.2) is 5.43 Å². The quantitative estimate of drug-likeness (QED) is 0.272. The average Bonchev–Trinajstić information content (AvgIpc) is 2.84. The number of hydrogen-bond acceptors (Lipinski definition) is 6. The van der Waals surface area contributed by atoms with Crippen molar-refractivity contribution < 1.29 is 23.7 Å². The normalized spacial score (nSPS) is 10.7. The summed E-state index contributed by atoms with van der Waals surface area (Å²) in [5, 5.41) is 4.72. The first-order valence-corrected chi connectivity index (χ1v) is 11.4. The molecule has 0 unspecified atom stereocenters. The molecule has 0 aliphatic heterocycles. The molecule has 0 aliphatic rings. The first-order chi connectivity index (χ1) is 16.4. The molecule has 0 spiro atoms. The SMILES string of the molecule is COc1ccc(CC(=O)N/N=C\c2cc(Br)c(OCc3ccc(Cl)cc3)c(OC)c2)cc1OC. The number of nitrogens with one attached hydrogen (secondary N) is 1. The molecule has 0 heterocycles. The van der Waals surface area contributed by atoms with E-state index in [9.17, 15) is 4.79 Å². The molecule has 0 radical (unpaired) electrons. The molecule has 0 saturated carbocycles. The fourth-order valence-corrected chi connectivity index (χ4v) is 3.79. The van der Waals surface area contributed by atoms with Gasteiger partial charge in [0.25, 0.3) is 0 Å². The van der Waals surface area contributed by atoms with Crippen LogP contribution in [0.3, 0.4) is 0 Å². The van der Waals surface area contributed by atoms with E-state index in [1.165, 1.54) is 6.21 Å². The molecule has 178 valence electrons. The molecule has 7 nitrogen and oxygen atoms in total. The predicted molar refractivity (Wildman–Crippen MR) is 135 cm³/mol. The molecular weight excluding hydrogens is 524 g/mol. The Balaban J connectivity index is 1.62. The monoisotopic (exact) mass is 546 g/mol. The lowest BCUT2D eigenvalue weighted by Crippen LogP contribution is -2.19. The zero-order chi connectivity index (χ0) is 24.5. The second kappa shape index (κ2) is 12.3. The third kappa shape index (κ3) is 6.88. The van der Waals surface area contributed by atoms with Crippen molar-refractivity contribution >= 4 is 39.7 Å². The number of nitrogens with zero attached hydrogens (tertiary/aromatic N) is 1. The van der Waals surface area contributed by atoms with Gasteiger partial charge >= 0.3 is 0 Å². The van der Waals surface area contributed by atoms with E-state index in [-0.39, 0.29) is 12.3 Å². The number of hydrazone groups is 1. The van der Waals surface area contributed by atoms with Gasteiger partial charge < -0.3 is 18.9 Å². The summed E-state index contributed by atoms with van der Waals surface area (Å²) in [6, 6.07) is 16.3. The Labute approximate surface area is 211 Å². The molecule has 3 aromatic rings. The summed E-state index contributed by atoms with van der Waals surface area (Å²) >= 11 is 9.44. The van der Waals surface area contributed by atoms with Crippen LogP contribution in [0.2, 0.25) is 5.02 Å². The molecule has 0 saturated heterocycles. The number of hydrogen-bond donors (Lipinski definition) is 1. The molecule has 0 aromatic heterocycles. The van der Waals surface area contributed by atoms with E-state index in [1.807, 2.05) is 30.3 Å². The highest BCUT2D eigenvalue weighted by molar-refractivity contribution is 9.10. The molecule has 0 aliphatic carbocycles. The summed E-state index contributed by atoms with van der Waals surface area (Å²) in [5.74, 6) is 1.99. The van der Waals surface area contributed by atoms with Crippen LogP contribution in [-0.4, -0.2) is 33.5 Å². The number of rotatable bonds is 10. The molecule has 0 fully saturated rings. The standard InChI is InChI=1S/C25H24BrClN2O5/c1-31-21-9-6-17(11-22(21)32-2)13-24(30)29-28-14-18-10-20(26)25(23(12-18)33-3)34-15-16-4-7-19(27)8-5-16/h4-12,14H,13,15H2,1-3H3,(H,29,30)/b28-14-. The number of amides is 1. The topological polar surface area (TPSA) is 78.4 Å².